The van der Waals surface area contributed by atoms with Crippen molar-refractivity contribution in [3.63, 3.8) is 0 Å². The summed E-state index contributed by atoms with van der Waals surface area (Å²) in [5, 5.41) is -0.431. The Balaban J connectivity index is 1.57. The molecule has 0 saturated carbocycles. The van der Waals surface area contributed by atoms with E-state index in [1.54, 1.807) is 36.4 Å². The number of nitrogens with zero attached hydrogens (tertiary/aromatic N) is 1. The fraction of sp³-hybridized carbons (Fsp3) is 0.389. The Morgan fingerprint density at radius 3 is 2.24 bits per heavy atom. The van der Waals surface area contributed by atoms with Crippen molar-refractivity contribution in [1.82, 2.24) is 4.90 Å². The van der Waals surface area contributed by atoms with Crippen LogP contribution in [0.4, 0.5) is 0 Å². The van der Waals surface area contributed by atoms with Gasteiger partial charge in [-0.05, 0) is 65.9 Å². The van der Waals surface area contributed by atoms with Crippen molar-refractivity contribution in [2.24, 2.45) is 0 Å². The molecule has 2 fully saturated rings. The molecule has 25 heavy (non-hydrogen) atoms. The summed E-state index contributed by atoms with van der Waals surface area (Å²) in [6, 6.07) is 11.9. The number of hydrogen-bond donors (Lipinski definition) is 0. The predicted molar refractivity (Wildman–Crippen MR) is 96.0 cm³/mol. The molecule has 2 atom stereocenters. The molecule has 132 valence electrons. The zero-order valence-electron chi connectivity index (χ0n) is 13.5. The lowest BCUT2D eigenvalue weighted by molar-refractivity contribution is 0.0564. The lowest BCUT2D eigenvalue weighted by Crippen LogP contribution is -2.49. The number of sulfone groups is 1. The first kappa shape index (κ1) is 16.8. The summed E-state index contributed by atoms with van der Waals surface area (Å²) in [5.41, 5.74) is 0. The SMILES string of the molecule is O=C(c1ccc(Br)o1)N1[C@H]2CC[C@H]1CC(S(=O)(=O)c1ccccc1)C2. The van der Waals surface area contributed by atoms with Crippen LogP contribution in [0.2, 0.25) is 0 Å². The van der Waals surface area contributed by atoms with Crippen molar-refractivity contribution < 1.29 is 17.6 Å². The number of halogens is 1. The van der Waals surface area contributed by atoms with E-state index in [2.05, 4.69) is 15.9 Å². The molecule has 2 aliphatic heterocycles. The maximum absolute atomic E-state index is 12.9. The maximum Gasteiger partial charge on any atom is 0.290 e. The largest absolute Gasteiger partial charge is 0.444 e. The average molecular weight is 424 g/mol. The summed E-state index contributed by atoms with van der Waals surface area (Å²) in [6.45, 7) is 0. The van der Waals surface area contributed by atoms with Crippen LogP contribution in [0, 0.1) is 0 Å². The number of carbonyl (C=O) groups is 1. The zero-order chi connectivity index (χ0) is 17.6. The Kier molecular flexibility index (Phi) is 4.24. The summed E-state index contributed by atoms with van der Waals surface area (Å²) < 4.78 is 31.8. The third-order valence-electron chi connectivity index (χ3n) is 5.22. The summed E-state index contributed by atoms with van der Waals surface area (Å²) in [7, 11) is -3.37. The van der Waals surface area contributed by atoms with E-state index in [9.17, 15) is 13.2 Å². The third-order valence-corrected chi connectivity index (χ3v) is 7.84. The first-order valence-corrected chi connectivity index (χ1v) is 10.7. The molecule has 1 aromatic carbocycles. The Morgan fingerprint density at radius 2 is 1.68 bits per heavy atom. The highest BCUT2D eigenvalue weighted by Crippen LogP contribution is 2.40. The van der Waals surface area contributed by atoms with Crippen LogP contribution in [-0.2, 0) is 9.84 Å². The van der Waals surface area contributed by atoms with Crippen LogP contribution < -0.4 is 0 Å². The normalized spacial score (nSPS) is 26.0. The van der Waals surface area contributed by atoms with Crippen LogP contribution in [0.25, 0.3) is 0 Å². The fourth-order valence-electron chi connectivity index (χ4n) is 4.07. The van der Waals surface area contributed by atoms with E-state index < -0.39 is 15.1 Å². The van der Waals surface area contributed by atoms with E-state index in [4.69, 9.17) is 4.42 Å². The Hall–Kier alpha value is -1.60. The summed E-state index contributed by atoms with van der Waals surface area (Å²) in [6.07, 6.45) is 2.67. The van der Waals surface area contributed by atoms with Crippen LogP contribution >= 0.6 is 15.9 Å². The summed E-state index contributed by atoms with van der Waals surface area (Å²) >= 11 is 3.22. The monoisotopic (exact) mass is 423 g/mol. The standard InChI is InChI=1S/C18H18BrNO4S/c19-17-9-8-16(24-17)18(21)20-12-6-7-13(20)11-15(10-12)25(22,23)14-4-2-1-3-5-14/h1-5,8-9,12-13,15H,6-7,10-11H2/t12-,13-/m0/s1. The second-order valence-corrected chi connectivity index (χ2v) is 9.66. The van der Waals surface area contributed by atoms with Crippen LogP contribution in [0.3, 0.4) is 0 Å². The highest BCUT2D eigenvalue weighted by atomic mass is 79.9. The topological polar surface area (TPSA) is 67.6 Å². The number of carbonyl (C=O) groups excluding carboxylic acids is 1. The van der Waals surface area contributed by atoms with Crippen molar-refractivity contribution in [2.75, 3.05) is 0 Å². The number of furan rings is 1. The number of rotatable bonds is 3. The van der Waals surface area contributed by atoms with Gasteiger partial charge in [0.2, 0.25) is 0 Å². The predicted octanol–water partition coefficient (Wildman–Crippen LogP) is 3.65. The van der Waals surface area contributed by atoms with Gasteiger partial charge in [-0.2, -0.15) is 0 Å². The highest BCUT2D eigenvalue weighted by Gasteiger charge is 2.47. The molecule has 0 N–H and O–H groups in total. The molecule has 4 rings (SSSR count). The van der Waals surface area contributed by atoms with Gasteiger partial charge in [0.1, 0.15) is 0 Å². The number of fused-ring (bicyclic) bond motifs is 2. The quantitative estimate of drug-likeness (QED) is 0.755. The Bertz CT molecular complexity index is 879. The Morgan fingerprint density at radius 1 is 1.04 bits per heavy atom. The second kappa shape index (κ2) is 6.29. The van der Waals surface area contributed by atoms with E-state index in [-0.39, 0.29) is 18.0 Å². The molecule has 2 aromatic rings. The van der Waals surface area contributed by atoms with Gasteiger partial charge in [0.25, 0.3) is 5.91 Å². The average Bonchev–Trinajstić information content (AvgIpc) is 3.15. The van der Waals surface area contributed by atoms with Crippen molar-refractivity contribution in [1.29, 1.82) is 0 Å². The van der Waals surface area contributed by atoms with Gasteiger partial charge in [0.15, 0.2) is 20.3 Å². The van der Waals surface area contributed by atoms with Gasteiger partial charge in [-0.1, -0.05) is 18.2 Å². The van der Waals surface area contributed by atoms with Gasteiger partial charge in [0, 0.05) is 12.1 Å². The van der Waals surface area contributed by atoms with Crippen LogP contribution in [0.15, 0.2) is 56.4 Å². The molecule has 2 bridgehead atoms. The molecule has 5 nitrogen and oxygen atoms in total. The molecule has 0 spiro atoms. The van der Waals surface area contributed by atoms with Gasteiger partial charge in [0.05, 0.1) is 10.1 Å². The van der Waals surface area contributed by atoms with Crippen molar-refractivity contribution in [2.45, 2.75) is 47.9 Å². The third kappa shape index (κ3) is 2.93. The maximum atomic E-state index is 12.9. The van der Waals surface area contributed by atoms with Gasteiger partial charge in [-0.25, -0.2) is 8.42 Å². The first-order chi connectivity index (χ1) is 12.0. The summed E-state index contributed by atoms with van der Waals surface area (Å²) in [5.74, 6) is 0.155. The van der Waals surface area contributed by atoms with E-state index in [0.717, 1.165) is 12.8 Å². The van der Waals surface area contributed by atoms with E-state index in [0.29, 0.717) is 28.2 Å². The number of hydrogen-bond acceptors (Lipinski definition) is 4. The van der Waals surface area contributed by atoms with Crippen LogP contribution in [0.1, 0.15) is 36.2 Å². The van der Waals surface area contributed by atoms with E-state index in [1.807, 2.05) is 11.0 Å². The lowest BCUT2D eigenvalue weighted by Gasteiger charge is -2.38. The van der Waals surface area contributed by atoms with Crippen molar-refractivity contribution in [3.8, 4) is 0 Å². The van der Waals surface area contributed by atoms with Crippen LogP contribution in [0.5, 0.6) is 0 Å². The molecule has 0 aliphatic carbocycles. The van der Waals surface area contributed by atoms with Gasteiger partial charge in [-0.15, -0.1) is 0 Å². The lowest BCUT2D eigenvalue weighted by atomic mass is 10.0. The molecular formula is C18H18BrNO4S. The molecule has 2 aliphatic rings. The number of amides is 1. The molecule has 1 amide bonds. The molecule has 1 aromatic heterocycles. The van der Waals surface area contributed by atoms with Gasteiger partial charge in [-0.3, -0.25) is 4.79 Å². The summed E-state index contributed by atoms with van der Waals surface area (Å²) in [4.78, 5) is 15.0. The molecule has 3 heterocycles. The fourth-order valence-corrected chi connectivity index (χ4v) is 6.25. The number of benzene rings is 1. The van der Waals surface area contributed by atoms with E-state index in [1.165, 1.54) is 0 Å². The molecule has 0 unspecified atom stereocenters. The van der Waals surface area contributed by atoms with Crippen LogP contribution in [-0.4, -0.2) is 36.6 Å². The van der Waals surface area contributed by atoms with E-state index >= 15 is 0 Å². The van der Waals surface area contributed by atoms with Crippen molar-refractivity contribution >= 4 is 31.7 Å². The Labute approximate surface area is 155 Å². The minimum atomic E-state index is -3.37. The minimum Gasteiger partial charge on any atom is -0.444 e. The first-order valence-electron chi connectivity index (χ1n) is 8.34. The zero-order valence-corrected chi connectivity index (χ0v) is 15.9. The minimum absolute atomic E-state index is 0.0430. The molecule has 0 radical (unpaired) electrons. The van der Waals surface area contributed by atoms with Crippen molar-refractivity contribution in [3.05, 3.63) is 52.9 Å². The van der Waals surface area contributed by atoms with Gasteiger partial charge < -0.3 is 9.32 Å². The molecule has 2 saturated heterocycles. The van der Waals surface area contributed by atoms with Gasteiger partial charge >= 0.3 is 0 Å². The molecule has 7 heteroatoms. The highest BCUT2D eigenvalue weighted by molar-refractivity contribution is 9.10. The molecular weight excluding hydrogens is 406 g/mol. The number of piperidine rings is 1. The smallest absolute Gasteiger partial charge is 0.290 e. The second-order valence-electron chi connectivity index (χ2n) is 6.65.